The van der Waals surface area contributed by atoms with Crippen molar-refractivity contribution in [2.45, 2.75) is 6.92 Å². The van der Waals surface area contributed by atoms with Gasteiger partial charge in [0.15, 0.2) is 6.61 Å². The van der Waals surface area contributed by atoms with Crippen LogP contribution in [0.4, 0.5) is 5.69 Å². The van der Waals surface area contributed by atoms with Crippen LogP contribution in [0.25, 0.3) is 10.4 Å². The van der Waals surface area contributed by atoms with Crippen LogP contribution >= 0.6 is 11.3 Å². The second-order valence-electron chi connectivity index (χ2n) is 6.26. The molecule has 0 unspecified atom stereocenters. The van der Waals surface area contributed by atoms with Crippen LogP contribution in [0.1, 0.15) is 32.5 Å². The van der Waals surface area contributed by atoms with Gasteiger partial charge in [-0.1, -0.05) is 36.4 Å². The molecule has 0 fully saturated rings. The van der Waals surface area contributed by atoms with Gasteiger partial charge in [0.1, 0.15) is 4.88 Å². The highest BCUT2D eigenvalue weighted by Crippen LogP contribution is 2.35. The number of thiophene rings is 1. The molecule has 8 heteroatoms. The zero-order chi connectivity index (χ0) is 22.2. The molecule has 1 heterocycles. The Bertz CT molecular complexity index is 1150. The van der Waals surface area contributed by atoms with Gasteiger partial charge >= 0.3 is 11.9 Å². The van der Waals surface area contributed by atoms with E-state index in [1.807, 2.05) is 36.4 Å². The molecule has 2 aromatic carbocycles. The van der Waals surface area contributed by atoms with Crippen molar-refractivity contribution >= 4 is 34.9 Å². The molecule has 0 aliphatic carbocycles. The first-order chi connectivity index (χ1) is 15.0. The van der Waals surface area contributed by atoms with Crippen LogP contribution in [0.5, 0.6) is 0 Å². The van der Waals surface area contributed by atoms with E-state index in [4.69, 9.17) is 14.7 Å². The summed E-state index contributed by atoms with van der Waals surface area (Å²) in [6, 6.07) is 19.0. The molecule has 156 valence electrons. The van der Waals surface area contributed by atoms with E-state index in [9.17, 15) is 14.4 Å². The number of ether oxygens (including phenoxy) is 2. The van der Waals surface area contributed by atoms with Gasteiger partial charge in [-0.05, 0) is 36.8 Å². The molecule has 0 saturated carbocycles. The molecule has 3 aromatic rings. The van der Waals surface area contributed by atoms with E-state index in [1.54, 1.807) is 25.1 Å². The van der Waals surface area contributed by atoms with E-state index in [-0.39, 0.29) is 22.7 Å². The molecule has 0 atom stereocenters. The quantitative estimate of drug-likeness (QED) is 0.557. The molecule has 1 amide bonds. The number of nitriles is 1. The Labute approximate surface area is 182 Å². The van der Waals surface area contributed by atoms with Crippen LogP contribution in [-0.2, 0) is 14.3 Å². The van der Waals surface area contributed by atoms with Gasteiger partial charge in [0.2, 0.25) is 0 Å². The van der Waals surface area contributed by atoms with Gasteiger partial charge in [-0.2, -0.15) is 5.26 Å². The molecule has 0 aliphatic rings. The lowest BCUT2D eigenvalue weighted by Gasteiger charge is -2.07. The highest BCUT2D eigenvalue weighted by molar-refractivity contribution is 7.18. The van der Waals surface area contributed by atoms with Crippen LogP contribution in [0.3, 0.4) is 0 Å². The number of anilines is 1. The molecule has 0 saturated heterocycles. The van der Waals surface area contributed by atoms with E-state index < -0.39 is 24.5 Å². The summed E-state index contributed by atoms with van der Waals surface area (Å²) in [5, 5.41) is 11.5. The zero-order valence-electron chi connectivity index (χ0n) is 16.6. The van der Waals surface area contributed by atoms with Crippen molar-refractivity contribution in [3.63, 3.8) is 0 Å². The fraction of sp³-hybridized carbons (Fsp3) is 0.130. The first-order valence-corrected chi connectivity index (χ1v) is 10.2. The van der Waals surface area contributed by atoms with Gasteiger partial charge in [-0.25, -0.2) is 9.59 Å². The van der Waals surface area contributed by atoms with Gasteiger partial charge in [-0.3, -0.25) is 4.79 Å². The number of carbonyl (C=O) groups excluding carboxylic acids is 3. The van der Waals surface area contributed by atoms with Gasteiger partial charge in [0, 0.05) is 4.88 Å². The van der Waals surface area contributed by atoms with Crippen molar-refractivity contribution in [1.82, 2.24) is 0 Å². The average molecular weight is 434 g/mol. The number of carbonyl (C=O) groups is 3. The summed E-state index contributed by atoms with van der Waals surface area (Å²) < 4.78 is 10.1. The molecular formula is C23H18N2O5S. The van der Waals surface area contributed by atoms with Gasteiger partial charge in [0.05, 0.1) is 29.5 Å². The Kier molecular flexibility index (Phi) is 7.14. The topological polar surface area (TPSA) is 105 Å². The lowest BCUT2D eigenvalue weighted by atomic mass is 10.1. The number of benzene rings is 2. The standard InChI is InChI=1S/C23H18N2O5S/c1-2-29-23(28)21-18(12-19(31-21)16-8-4-3-5-9-16)25-20(26)14-30-22(27)17-10-6-7-15(11-17)13-24/h3-12H,2,14H2,1H3,(H,25,26). The first kappa shape index (κ1) is 21.7. The summed E-state index contributed by atoms with van der Waals surface area (Å²) in [4.78, 5) is 37.9. The predicted molar refractivity (Wildman–Crippen MR) is 116 cm³/mol. The lowest BCUT2D eigenvalue weighted by molar-refractivity contribution is -0.119. The smallest absolute Gasteiger partial charge is 0.350 e. The van der Waals surface area contributed by atoms with Crippen molar-refractivity contribution in [3.05, 3.63) is 76.7 Å². The van der Waals surface area contributed by atoms with E-state index >= 15 is 0 Å². The lowest BCUT2D eigenvalue weighted by Crippen LogP contribution is -2.21. The molecule has 1 aromatic heterocycles. The molecule has 31 heavy (non-hydrogen) atoms. The average Bonchev–Trinajstić information content (AvgIpc) is 3.22. The van der Waals surface area contributed by atoms with E-state index in [1.165, 1.54) is 23.5 Å². The maximum absolute atomic E-state index is 12.4. The molecule has 1 N–H and O–H groups in total. The minimum absolute atomic E-state index is 0.168. The Morgan fingerprint density at radius 1 is 1.00 bits per heavy atom. The summed E-state index contributed by atoms with van der Waals surface area (Å²) in [5.74, 6) is -1.88. The number of nitrogens with one attached hydrogen (secondary N) is 1. The summed E-state index contributed by atoms with van der Waals surface area (Å²) in [5.41, 5.74) is 1.66. The third-order valence-electron chi connectivity index (χ3n) is 4.09. The summed E-state index contributed by atoms with van der Waals surface area (Å²) in [7, 11) is 0. The van der Waals surface area contributed by atoms with Gasteiger partial charge in [-0.15, -0.1) is 11.3 Å². The van der Waals surface area contributed by atoms with Crippen LogP contribution in [0.15, 0.2) is 60.7 Å². The van der Waals surface area contributed by atoms with Gasteiger partial charge in [0.25, 0.3) is 5.91 Å². The van der Waals surface area contributed by atoms with E-state index in [0.29, 0.717) is 5.56 Å². The van der Waals surface area contributed by atoms with Crippen molar-refractivity contribution in [3.8, 4) is 16.5 Å². The Hall–Kier alpha value is -3.96. The number of hydrogen-bond donors (Lipinski definition) is 1. The van der Waals surface area contributed by atoms with Gasteiger partial charge < -0.3 is 14.8 Å². The monoisotopic (exact) mass is 434 g/mol. The fourth-order valence-corrected chi connectivity index (χ4v) is 3.71. The van der Waals surface area contributed by atoms with Crippen molar-refractivity contribution in [2.24, 2.45) is 0 Å². The molecule has 0 radical (unpaired) electrons. The van der Waals surface area contributed by atoms with Crippen molar-refractivity contribution in [1.29, 1.82) is 5.26 Å². The Morgan fingerprint density at radius 2 is 1.77 bits per heavy atom. The Morgan fingerprint density at radius 3 is 2.48 bits per heavy atom. The number of hydrogen-bond acceptors (Lipinski definition) is 7. The van der Waals surface area contributed by atoms with Crippen LogP contribution < -0.4 is 5.32 Å². The van der Waals surface area contributed by atoms with E-state index in [2.05, 4.69) is 5.32 Å². The second kappa shape index (κ2) is 10.2. The molecule has 0 aliphatic heterocycles. The SMILES string of the molecule is CCOC(=O)c1sc(-c2ccccc2)cc1NC(=O)COC(=O)c1cccc(C#N)c1. The minimum Gasteiger partial charge on any atom is -0.462 e. The number of esters is 2. The third-order valence-corrected chi connectivity index (χ3v) is 5.25. The zero-order valence-corrected chi connectivity index (χ0v) is 17.4. The largest absolute Gasteiger partial charge is 0.462 e. The summed E-state index contributed by atoms with van der Waals surface area (Å²) >= 11 is 1.20. The molecule has 3 rings (SSSR count). The maximum atomic E-state index is 12.4. The number of nitrogens with zero attached hydrogens (tertiary/aromatic N) is 1. The number of amides is 1. The molecule has 0 bridgehead atoms. The Balaban J connectivity index is 1.72. The number of rotatable bonds is 7. The highest BCUT2D eigenvalue weighted by Gasteiger charge is 2.20. The van der Waals surface area contributed by atoms with Crippen molar-refractivity contribution < 1.29 is 23.9 Å². The molecule has 7 nitrogen and oxygen atoms in total. The van der Waals surface area contributed by atoms with Crippen LogP contribution in [-0.4, -0.2) is 31.1 Å². The highest BCUT2D eigenvalue weighted by atomic mass is 32.1. The summed E-state index contributed by atoms with van der Waals surface area (Å²) in [6.45, 7) is 1.35. The molecule has 0 spiro atoms. The molecular weight excluding hydrogens is 416 g/mol. The predicted octanol–water partition coefficient (Wildman–Crippen LogP) is 4.26. The normalized spacial score (nSPS) is 10.1. The fourth-order valence-electron chi connectivity index (χ4n) is 2.69. The van der Waals surface area contributed by atoms with Crippen LogP contribution in [0, 0.1) is 11.3 Å². The van der Waals surface area contributed by atoms with E-state index in [0.717, 1.165) is 10.4 Å². The summed E-state index contributed by atoms with van der Waals surface area (Å²) in [6.07, 6.45) is 0. The third kappa shape index (κ3) is 5.56. The van der Waals surface area contributed by atoms with Crippen LogP contribution in [0.2, 0.25) is 0 Å². The second-order valence-corrected chi connectivity index (χ2v) is 7.31. The maximum Gasteiger partial charge on any atom is 0.350 e. The van der Waals surface area contributed by atoms with Crippen molar-refractivity contribution in [2.75, 3.05) is 18.5 Å². The first-order valence-electron chi connectivity index (χ1n) is 9.35. The minimum atomic E-state index is -0.729.